The summed E-state index contributed by atoms with van der Waals surface area (Å²) in [5.41, 5.74) is 2.01. The molecule has 1 aromatic rings. The van der Waals surface area contributed by atoms with Crippen LogP contribution in [0, 0.1) is 24.2 Å². The number of rotatable bonds is 1. The highest BCUT2D eigenvalue weighted by molar-refractivity contribution is 5.76. The Kier molecular flexibility index (Phi) is 2.25. The molecule has 1 aromatic heterocycles. The highest BCUT2D eigenvalue weighted by Crippen LogP contribution is 2.56. The van der Waals surface area contributed by atoms with Gasteiger partial charge in [0.05, 0.1) is 12.2 Å². The maximum Gasteiger partial charge on any atom is 0.309 e. The molecule has 2 aliphatic rings. The number of allylic oxidation sites excluding steroid dienone is 1. The summed E-state index contributed by atoms with van der Waals surface area (Å²) in [5.74, 6) is 0.913. The van der Waals surface area contributed by atoms with Gasteiger partial charge in [0, 0.05) is 17.9 Å². The van der Waals surface area contributed by atoms with Gasteiger partial charge in [-0.3, -0.25) is 4.79 Å². The first-order valence-electron chi connectivity index (χ1n) is 6.39. The third-order valence-electron chi connectivity index (χ3n) is 4.64. The molecule has 0 bridgehead atoms. The van der Waals surface area contributed by atoms with Crippen molar-refractivity contribution in [3.05, 3.63) is 35.8 Å². The van der Waals surface area contributed by atoms with E-state index in [1.165, 1.54) is 0 Å². The molecule has 96 valence electrons. The minimum Gasteiger partial charge on any atom is -0.469 e. The molecule has 18 heavy (non-hydrogen) atoms. The van der Waals surface area contributed by atoms with Crippen LogP contribution in [0.15, 0.2) is 23.3 Å². The van der Waals surface area contributed by atoms with Crippen LogP contribution in [0.5, 0.6) is 0 Å². The minimum atomic E-state index is -0.169. The summed E-state index contributed by atoms with van der Waals surface area (Å²) in [6.45, 7) is 10.0. The van der Waals surface area contributed by atoms with Crippen LogP contribution in [0.2, 0.25) is 0 Å². The molecule has 1 aliphatic heterocycles. The van der Waals surface area contributed by atoms with Gasteiger partial charge in [0.25, 0.3) is 0 Å². The number of aryl methyl sites for hydroxylation is 1. The maximum absolute atomic E-state index is 11.9. The number of hydrogen-bond acceptors (Lipinski definition) is 3. The molecule has 0 aromatic carbocycles. The van der Waals surface area contributed by atoms with E-state index in [0.29, 0.717) is 0 Å². The lowest BCUT2D eigenvalue weighted by Gasteiger charge is -2.40. The van der Waals surface area contributed by atoms with E-state index in [9.17, 15) is 4.79 Å². The molecule has 1 saturated heterocycles. The SMILES string of the molecule is C=C[C@]1(C)Cc2occ(C)c2[C@@H]2OC(=O)[C@@H](C)[C@@H]21. The van der Waals surface area contributed by atoms with Gasteiger partial charge in [0.15, 0.2) is 0 Å². The molecular weight excluding hydrogens is 228 g/mol. The molecule has 2 heterocycles. The molecule has 1 fully saturated rings. The molecule has 3 nitrogen and oxygen atoms in total. The quantitative estimate of drug-likeness (QED) is 0.564. The predicted molar refractivity (Wildman–Crippen MR) is 66.9 cm³/mol. The topological polar surface area (TPSA) is 39.4 Å². The Morgan fingerprint density at radius 3 is 2.94 bits per heavy atom. The molecule has 0 radical (unpaired) electrons. The lowest BCUT2D eigenvalue weighted by Crippen LogP contribution is -2.37. The number of esters is 1. The van der Waals surface area contributed by atoms with E-state index >= 15 is 0 Å². The van der Waals surface area contributed by atoms with Gasteiger partial charge in [0.1, 0.15) is 11.9 Å². The third kappa shape index (κ3) is 1.27. The number of carbonyl (C=O) groups is 1. The fourth-order valence-corrected chi connectivity index (χ4v) is 3.57. The lowest BCUT2D eigenvalue weighted by molar-refractivity contribution is -0.144. The third-order valence-corrected chi connectivity index (χ3v) is 4.64. The molecule has 0 saturated carbocycles. The Balaban J connectivity index is 2.18. The van der Waals surface area contributed by atoms with Gasteiger partial charge >= 0.3 is 5.97 Å². The zero-order chi connectivity index (χ0) is 13.1. The van der Waals surface area contributed by atoms with E-state index in [2.05, 4.69) is 13.5 Å². The summed E-state index contributed by atoms with van der Waals surface area (Å²) >= 11 is 0. The van der Waals surface area contributed by atoms with Gasteiger partial charge in [-0.25, -0.2) is 0 Å². The van der Waals surface area contributed by atoms with E-state index in [1.807, 2.05) is 19.9 Å². The second-order valence-electron chi connectivity index (χ2n) is 5.81. The van der Waals surface area contributed by atoms with E-state index in [-0.39, 0.29) is 29.3 Å². The van der Waals surface area contributed by atoms with Crippen molar-refractivity contribution in [2.45, 2.75) is 33.3 Å². The van der Waals surface area contributed by atoms with E-state index in [0.717, 1.165) is 23.3 Å². The maximum atomic E-state index is 11.9. The number of fused-ring (bicyclic) bond motifs is 3. The fraction of sp³-hybridized carbons (Fsp3) is 0.533. The zero-order valence-corrected chi connectivity index (χ0v) is 11.0. The van der Waals surface area contributed by atoms with Crippen molar-refractivity contribution in [3.8, 4) is 0 Å². The first-order chi connectivity index (χ1) is 8.48. The van der Waals surface area contributed by atoms with Crippen LogP contribution < -0.4 is 0 Å². The summed E-state index contributed by atoms with van der Waals surface area (Å²) in [6, 6.07) is 0. The summed E-state index contributed by atoms with van der Waals surface area (Å²) in [7, 11) is 0. The van der Waals surface area contributed by atoms with Gasteiger partial charge in [-0.05, 0) is 17.9 Å². The molecule has 0 N–H and O–H groups in total. The standard InChI is InChI=1S/C15H18O3/c1-5-15(4)6-10-11(8(2)7-17-10)13-12(15)9(3)14(16)18-13/h5,7,9,12-13H,1,6H2,2-4H3/t9-,12-,13-,15+/m0/s1. The van der Waals surface area contributed by atoms with Crippen LogP contribution in [-0.4, -0.2) is 5.97 Å². The molecule has 4 atom stereocenters. The molecule has 0 spiro atoms. The van der Waals surface area contributed by atoms with Crippen molar-refractivity contribution in [2.24, 2.45) is 17.3 Å². The summed E-state index contributed by atoms with van der Waals surface area (Å²) in [5, 5.41) is 0. The van der Waals surface area contributed by atoms with Gasteiger partial charge in [-0.15, -0.1) is 6.58 Å². The van der Waals surface area contributed by atoms with Crippen LogP contribution >= 0.6 is 0 Å². The Hall–Kier alpha value is -1.51. The first-order valence-corrected chi connectivity index (χ1v) is 6.39. The molecular formula is C15H18O3. The van der Waals surface area contributed by atoms with Crippen molar-refractivity contribution in [1.82, 2.24) is 0 Å². The number of furan rings is 1. The van der Waals surface area contributed by atoms with Crippen molar-refractivity contribution >= 4 is 5.97 Å². The molecule has 3 rings (SSSR count). The normalized spacial score (nSPS) is 37.9. The predicted octanol–water partition coefficient (Wildman–Crippen LogP) is 3.19. The molecule has 0 unspecified atom stereocenters. The fourth-order valence-electron chi connectivity index (χ4n) is 3.57. The lowest BCUT2D eigenvalue weighted by atomic mass is 9.62. The van der Waals surface area contributed by atoms with E-state index < -0.39 is 0 Å². The van der Waals surface area contributed by atoms with E-state index in [4.69, 9.17) is 9.15 Å². The van der Waals surface area contributed by atoms with Crippen LogP contribution in [-0.2, 0) is 16.0 Å². The van der Waals surface area contributed by atoms with Gasteiger partial charge in [-0.2, -0.15) is 0 Å². The van der Waals surface area contributed by atoms with Crippen molar-refractivity contribution in [3.63, 3.8) is 0 Å². The average molecular weight is 246 g/mol. The summed E-state index contributed by atoms with van der Waals surface area (Å²) in [4.78, 5) is 11.9. The van der Waals surface area contributed by atoms with Crippen molar-refractivity contribution < 1.29 is 13.9 Å². The Bertz CT molecular complexity index is 528. The largest absolute Gasteiger partial charge is 0.469 e. The average Bonchev–Trinajstić information content (AvgIpc) is 2.82. The van der Waals surface area contributed by atoms with Gasteiger partial charge in [-0.1, -0.05) is 19.9 Å². The van der Waals surface area contributed by atoms with Crippen LogP contribution in [0.25, 0.3) is 0 Å². The second-order valence-corrected chi connectivity index (χ2v) is 5.81. The van der Waals surface area contributed by atoms with E-state index in [1.54, 1.807) is 6.26 Å². The highest BCUT2D eigenvalue weighted by Gasteiger charge is 2.55. The van der Waals surface area contributed by atoms with Crippen molar-refractivity contribution in [2.75, 3.05) is 0 Å². The minimum absolute atomic E-state index is 0.0829. The summed E-state index contributed by atoms with van der Waals surface area (Å²) in [6.07, 6.45) is 4.33. The van der Waals surface area contributed by atoms with Gasteiger partial charge in [0.2, 0.25) is 0 Å². The van der Waals surface area contributed by atoms with Crippen LogP contribution in [0.3, 0.4) is 0 Å². The van der Waals surface area contributed by atoms with Crippen molar-refractivity contribution in [1.29, 1.82) is 0 Å². The first kappa shape index (κ1) is 11.6. The summed E-state index contributed by atoms with van der Waals surface area (Å²) < 4.78 is 11.2. The number of hydrogen-bond donors (Lipinski definition) is 0. The highest BCUT2D eigenvalue weighted by atomic mass is 16.6. The Labute approximate surface area is 107 Å². The second kappa shape index (κ2) is 3.50. The Morgan fingerprint density at radius 2 is 2.28 bits per heavy atom. The van der Waals surface area contributed by atoms with Crippen LogP contribution in [0.4, 0.5) is 0 Å². The monoisotopic (exact) mass is 246 g/mol. The number of ether oxygens (including phenoxy) is 1. The molecule has 0 amide bonds. The Morgan fingerprint density at radius 1 is 1.56 bits per heavy atom. The smallest absolute Gasteiger partial charge is 0.309 e. The number of carbonyl (C=O) groups excluding carboxylic acids is 1. The van der Waals surface area contributed by atoms with Crippen LogP contribution in [0.1, 0.15) is 36.8 Å². The molecule has 1 aliphatic carbocycles. The molecule has 3 heteroatoms. The van der Waals surface area contributed by atoms with Gasteiger partial charge < -0.3 is 9.15 Å². The zero-order valence-electron chi connectivity index (χ0n) is 11.0.